The normalized spacial score (nSPS) is 10.2. The van der Waals surface area contributed by atoms with Crippen molar-refractivity contribution in [3.8, 4) is 5.75 Å². The fraction of sp³-hybridized carbons (Fsp3) is 0.235. The number of amides is 1. The maximum Gasteiger partial charge on any atom is 0.243 e. The number of carbonyl (C=O) groups is 1. The highest BCUT2D eigenvalue weighted by atomic mass is 19.1. The Labute approximate surface area is 134 Å². The number of carbonyl (C=O) groups excluding carboxylic acids is 1. The third kappa shape index (κ3) is 5.96. The van der Waals surface area contributed by atoms with Crippen LogP contribution in [0.2, 0.25) is 0 Å². The highest BCUT2D eigenvalue weighted by molar-refractivity contribution is 5.93. The van der Waals surface area contributed by atoms with Crippen LogP contribution in [-0.4, -0.2) is 32.8 Å². The molecule has 0 spiro atoms. The van der Waals surface area contributed by atoms with Crippen LogP contribution < -0.4 is 15.4 Å². The van der Waals surface area contributed by atoms with Gasteiger partial charge in [0.25, 0.3) is 0 Å². The summed E-state index contributed by atoms with van der Waals surface area (Å²) < 4.78 is 23.2. The van der Waals surface area contributed by atoms with E-state index in [4.69, 9.17) is 9.47 Å². The van der Waals surface area contributed by atoms with Crippen molar-refractivity contribution in [1.82, 2.24) is 0 Å². The summed E-state index contributed by atoms with van der Waals surface area (Å²) in [6.45, 7) is 1.03. The van der Waals surface area contributed by atoms with E-state index < -0.39 is 0 Å². The van der Waals surface area contributed by atoms with Crippen LogP contribution in [0.4, 0.5) is 15.8 Å². The minimum Gasteiger partial charge on any atom is -0.491 e. The van der Waals surface area contributed by atoms with Crippen LogP contribution in [-0.2, 0) is 9.53 Å². The average Bonchev–Trinajstić information content (AvgIpc) is 2.55. The molecule has 0 fully saturated rings. The van der Waals surface area contributed by atoms with Crippen LogP contribution in [0.15, 0.2) is 48.5 Å². The second-order valence-corrected chi connectivity index (χ2v) is 4.78. The Morgan fingerprint density at radius 3 is 2.61 bits per heavy atom. The SMILES string of the molecule is COCCOc1cccc(NC(=O)CNc2ccc(F)cc2)c1. The zero-order valence-corrected chi connectivity index (χ0v) is 12.8. The Hall–Kier alpha value is -2.60. The average molecular weight is 318 g/mol. The predicted molar refractivity (Wildman–Crippen MR) is 87.3 cm³/mol. The Bertz CT molecular complexity index is 632. The van der Waals surface area contributed by atoms with E-state index in [1.54, 1.807) is 37.4 Å². The van der Waals surface area contributed by atoms with Gasteiger partial charge in [-0.3, -0.25) is 4.79 Å². The molecular weight excluding hydrogens is 299 g/mol. The molecule has 0 aromatic heterocycles. The molecule has 2 rings (SSSR count). The number of anilines is 2. The summed E-state index contributed by atoms with van der Waals surface area (Å²) in [5, 5.41) is 5.69. The molecule has 0 heterocycles. The van der Waals surface area contributed by atoms with E-state index in [9.17, 15) is 9.18 Å². The van der Waals surface area contributed by atoms with Gasteiger partial charge in [-0.2, -0.15) is 0 Å². The van der Waals surface area contributed by atoms with E-state index in [-0.39, 0.29) is 18.3 Å². The molecule has 0 unspecified atom stereocenters. The number of benzene rings is 2. The van der Waals surface area contributed by atoms with Crippen molar-refractivity contribution >= 4 is 17.3 Å². The quantitative estimate of drug-likeness (QED) is 0.735. The number of halogens is 1. The van der Waals surface area contributed by atoms with E-state index in [1.165, 1.54) is 12.1 Å². The molecule has 1 amide bonds. The highest BCUT2D eigenvalue weighted by Crippen LogP contribution is 2.17. The lowest BCUT2D eigenvalue weighted by atomic mass is 10.3. The van der Waals surface area contributed by atoms with E-state index >= 15 is 0 Å². The summed E-state index contributed by atoms with van der Waals surface area (Å²) in [5.41, 5.74) is 1.32. The van der Waals surface area contributed by atoms with Crippen molar-refractivity contribution in [3.63, 3.8) is 0 Å². The molecule has 0 aliphatic rings. The van der Waals surface area contributed by atoms with Crippen molar-refractivity contribution in [1.29, 1.82) is 0 Å². The molecule has 0 aliphatic heterocycles. The maximum absolute atomic E-state index is 12.8. The maximum atomic E-state index is 12.8. The van der Waals surface area contributed by atoms with E-state index in [1.807, 2.05) is 6.07 Å². The second kappa shape index (κ2) is 8.75. The minimum atomic E-state index is -0.315. The van der Waals surface area contributed by atoms with Crippen molar-refractivity contribution in [2.24, 2.45) is 0 Å². The van der Waals surface area contributed by atoms with Crippen LogP contribution >= 0.6 is 0 Å². The number of nitrogens with one attached hydrogen (secondary N) is 2. The summed E-state index contributed by atoms with van der Waals surface area (Å²) in [6.07, 6.45) is 0. The lowest BCUT2D eigenvalue weighted by Crippen LogP contribution is -2.21. The van der Waals surface area contributed by atoms with Gasteiger partial charge >= 0.3 is 0 Å². The molecule has 122 valence electrons. The van der Waals surface area contributed by atoms with Gasteiger partial charge in [-0.05, 0) is 36.4 Å². The molecule has 2 N–H and O–H groups in total. The van der Waals surface area contributed by atoms with Gasteiger partial charge in [-0.25, -0.2) is 4.39 Å². The molecule has 0 bridgehead atoms. The zero-order chi connectivity index (χ0) is 16.5. The first-order chi connectivity index (χ1) is 11.2. The van der Waals surface area contributed by atoms with Crippen molar-refractivity contribution in [2.45, 2.75) is 0 Å². The molecule has 0 aliphatic carbocycles. The molecule has 0 atom stereocenters. The largest absolute Gasteiger partial charge is 0.491 e. The Morgan fingerprint density at radius 2 is 1.87 bits per heavy atom. The van der Waals surface area contributed by atoms with Gasteiger partial charge in [-0.15, -0.1) is 0 Å². The smallest absolute Gasteiger partial charge is 0.243 e. The summed E-state index contributed by atoms with van der Waals surface area (Å²) >= 11 is 0. The number of hydrogen-bond donors (Lipinski definition) is 2. The first kappa shape index (κ1) is 16.8. The Kier molecular flexibility index (Phi) is 6.38. The number of ether oxygens (including phenoxy) is 2. The lowest BCUT2D eigenvalue weighted by Gasteiger charge is -2.10. The highest BCUT2D eigenvalue weighted by Gasteiger charge is 2.04. The van der Waals surface area contributed by atoms with Crippen molar-refractivity contribution in [2.75, 3.05) is 37.5 Å². The van der Waals surface area contributed by atoms with Crippen LogP contribution in [0, 0.1) is 5.82 Å². The minimum absolute atomic E-state index is 0.0837. The van der Waals surface area contributed by atoms with Gasteiger partial charge in [-0.1, -0.05) is 6.07 Å². The molecule has 5 nitrogen and oxygen atoms in total. The van der Waals surface area contributed by atoms with E-state index in [0.717, 1.165) is 0 Å². The predicted octanol–water partition coefficient (Wildman–Crippen LogP) is 2.90. The van der Waals surface area contributed by atoms with Gasteiger partial charge in [0.1, 0.15) is 18.2 Å². The van der Waals surface area contributed by atoms with Crippen molar-refractivity contribution < 1.29 is 18.7 Å². The summed E-state index contributed by atoms with van der Waals surface area (Å²) in [6, 6.07) is 12.9. The fourth-order valence-electron chi connectivity index (χ4n) is 1.86. The molecule has 0 saturated carbocycles. The molecule has 2 aromatic rings. The second-order valence-electron chi connectivity index (χ2n) is 4.78. The molecule has 2 aromatic carbocycles. The fourth-order valence-corrected chi connectivity index (χ4v) is 1.86. The number of rotatable bonds is 8. The summed E-state index contributed by atoms with van der Waals surface area (Å²) in [4.78, 5) is 11.9. The van der Waals surface area contributed by atoms with E-state index in [0.29, 0.717) is 30.3 Å². The zero-order valence-electron chi connectivity index (χ0n) is 12.8. The molecule has 0 saturated heterocycles. The molecule has 6 heteroatoms. The molecule has 0 radical (unpaired) electrons. The summed E-state index contributed by atoms with van der Waals surface area (Å²) in [7, 11) is 1.61. The number of hydrogen-bond acceptors (Lipinski definition) is 4. The van der Waals surface area contributed by atoms with Gasteiger partial charge < -0.3 is 20.1 Å². The monoisotopic (exact) mass is 318 g/mol. The van der Waals surface area contributed by atoms with Gasteiger partial charge in [0.15, 0.2) is 0 Å². The first-order valence-electron chi connectivity index (χ1n) is 7.18. The topological polar surface area (TPSA) is 59.6 Å². The third-order valence-electron chi connectivity index (χ3n) is 2.97. The standard InChI is InChI=1S/C17H19FN2O3/c1-22-9-10-23-16-4-2-3-15(11-16)20-17(21)12-19-14-7-5-13(18)6-8-14/h2-8,11,19H,9-10,12H2,1H3,(H,20,21). The van der Waals surface area contributed by atoms with Crippen LogP contribution in [0.3, 0.4) is 0 Å². The lowest BCUT2D eigenvalue weighted by molar-refractivity contribution is -0.114. The Morgan fingerprint density at radius 1 is 1.09 bits per heavy atom. The van der Waals surface area contributed by atoms with Gasteiger partial charge in [0.2, 0.25) is 5.91 Å². The molecular formula is C17H19FN2O3. The Balaban J connectivity index is 1.82. The van der Waals surface area contributed by atoms with E-state index in [2.05, 4.69) is 10.6 Å². The van der Waals surface area contributed by atoms with Crippen LogP contribution in [0.1, 0.15) is 0 Å². The number of methoxy groups -OCH3 is 1. The van der Waals surface area contributed by atoms with Crippen molar-refractivity contribution in [3.05, 3.63) is 54.3 Å². The molecule has 23 heavy (non-hydrogen) atoms. The van der Waals surface area contributed by atoms with Gasteiger partial charge in [0, 0.05) is 24.6 Å². The first-order valence-corrected chi connectivity index (χ1v) is 7.18. The summed E-state index contributed by atoms with van der Waals surface area (Å²) in [5.74, 6) is 0.139. The van der Waals surface area contributed by atoms with Crippen LogP contribution in [0.5, 0.6) is 5.75 Å². The van der Waals surface area contributed by atoms with Gasteiger partial charge in [0.05, 0.1) is 13.2 Å². The third-order valence-corrected chi connectivity index (χ3v) is 2.97. The van der Waals surface area contributed by atoms with Crippen LogP contribution in [0.25, 0.3) is 0 Å².